The van der Waals surface area contributed by atoms with Crippen molar-refractivity contribution in [3.8, 4) is 17.2 Å². The molecule has 4 aromatic rings. The average molecular weight is 545 g/mol. The van der Waals surface area contributed by atoms with Gasteiger partial charge in [-0.05, 0) is 48.2 Å². The monoisotopic (exact) mass is 544 g/mol. The van der Waals surface area contributed by atoms with Crippen LogP contribution in [-0.4, -0.2) is 50.0 Å². The number of benzene rings is 3. The van der Waals surface area contributed by atoms with Crippen LogP contribution in [0.1, 0.15) is 34.0 Å². The Hall–Kier alpha value is -4.14. The molecule has 0 radical (unpaired) electrons. The van der Waals surface area contributed by atoms with Gasteiger partial charge in [-0.25, -0.2) is 0 Å². The zero-order valence-electron chi connectivity index (χ0n) is 23.3. The number of para-hydroxylation sites is 1. The summed E-state index contributed by atoms with van der Waals surface area (Å²) in [6.45, 7) is 2.18. The van der Waals surface area contributed by atoms with Crippen molar-refractivity contribution in [3.63, 3.8) is 0 Å². The number of fused-ring (bicyclic) bond motifs is 1. The molecule has 3 aromatic carbocycles. The smallest absolute Gasteiger partial charge is 0.203 e. The van der Waals surface area contributed by atoms with E-state index in [4.69, 9.17) is 24.4 Å². The first-order valence-corrected chi connectivity index (χ1v) is 13.1. The SMILES string of the molecule is COc1cc(COCc2ccc(C(=O)C(C)(C=N)C(CO)Cc3c[nH]c4ccccc34)cc2)cc(OC)c1OC. The van der Waals surface area contributed by atoms with Crippen LogP contribution in [0.25, 0.3) is 10.9 Å². The van der Waals surface area contributed by atoms with Gasteiger partial charge in [0.25, 0.3) is 0 Å². The molecular formula is C32H36N2O6. The highest BCUT2D eigenvalue weighted by molar-refractivity contribution is 6.09. The van der Waals surface area contributed by atoms with Crippen LogP contribution in [0.15, 0.2) is 66.9 Å². The minimum absolute atomic E-state index is 0.203. The van der Waals surface area contributed by atoms with E-state index in [1.54, 1.807) is 40.4 Å². The summed E-state index contributed by atoms with van der Waals surface area (Å²) in [6, 6.07) is 18.8. The molecule has 0 spiro atoms. The third-order valence-electron chi connectivity index (χ3n) is 7.48. The first-order valence-electron chi connectivity index (χ1n) is 13.1. The topological polar surface area (TPSA) is 114 Å². The van der Waals surface area contributed by atoms with Crippen molar-refractivity contribution >= 4 is 22.9 Å². The molecule has 1 aromatic heterocycles. The van der Waals surface area contributed by atoms with E-state index in [-0.39, 0.29) is 12.4 Å². The highest BCUT2D eigenvalue weighted by atomic mass is 16.5. The molecule has 0 amide bonds. The van der Waals surface area contributed by atoms with Crippen LogP contribution < -0.4 is 14.2 Å². The lowest BCUT2D eigenvalue weighted by atomic mass is 9.70. The predicted molar refractivity (Wildman–Crippen MR) is 155 cm³/mol. The Bertz CT molecular complexity index is 1440. The number of carbonyl (C=O) groups is 1. The Labute approximate surface area is 234 Å². The zero-order valence-corrected chi connectivity index (χ0v) is 23.3. The number of methoxy groups -OCH3 is 3. The molecule has 8 nitrogen and oxygen atoms in total. The fourth-order valence-corrected chi connectivity index (χ4v) is 4.97. The Kier molecular flexibility index (Phi) is 9.24. The number of nitrogens with one attached hydrogen (secondary N) is 2. The largest absolute Gasteiger partial charge is 0.493 e. The van der Waals surface area contributed by atoms with Gasteiger partial charge in [-0.2, -0.15) is 0 Å². The van der Waals surface area contributed by atoms with Crippen molar-refractivity contribution < 1.29 is 28.8 Å². The fourth-order valence-electron chi connectivity index (χ4n) is 4.97. The molecule has 0 bridgehead atoms. The Morgan fingerprint density at radius 3 is 2.23 bits per heavy atom. The molecule has 8 heteroatoms. The van der Waals surface area contributed by atoms with E-state index in [1.807, 2.05) is 54.7 Å². The van der Waals surface area contributed by atoms with Crippen LogP contribution >= 0.6 is 0 Å². The summed E-state index contributed by atoms with van der Waals surface area (Å²) >= 11 is 0. The van der Waals surface area contributed by atoms with Gasteiger partial charge in [0.1, 0.15) is 0 Å². The molecule has 4 rings (SSSR count). The molecule has 2 atom stereocenters. The summed E-state index contributed by atoms with van der Waals surface area (Å²) in [5.74, 6) is 0.979. The highest BCUT2D eigenvalue weighted by Gasteiger charge is 2.40. The van der Waals surface area contributed by atoms with Crippen molar-refractivity contribution in [2.24, 2.45) is 11.3 Å². The van der Waals surface area contributed by atoms with Gasteiger partial charge in [0, 0.05) is 41.4 Å². The third-order valence-corrected chi connectivity index (χ3v) is 7.48. The summed E-state index contributed by atoms with van der Waals surface area (Å²) in [6.07, 6.45) is 3.54. The number of aromatic nitrogens is 1. The summed E-state index contributed by atoms with van der Waals surface area (Å²) in [4.78, 5) is 16.9. The van der Waals surface area contributed by atoms with Gasteiger partial charge < -0.3 is 34.4 Å². The van der Waals surface area contributed by atoms with Crippen LogP contribution in [0.2, 0.25) is 0 Å². The van der Waals surface area contributed by atoms with Crippen LogP contribution in [0.5, 0.6) is 17.2 Å². The van der Waals surface area contributed by atoms with Crippen LogP contribution in [0.4, 0.5) is 0 Å². The van der Waals surface area contributed by atoms with Crippen molar-refractivity contribution in [1.29, 1.82) is 5.41 Å². The van der Waals surface area contributed by atoms with E-state index in [0.717, 1.165) is 27.6 Å². The van der Waals surface area contributed by atoms with E-state index >= 15 is 0 Å². The summed E-state index contributed by atoms with van der Waals surface area (Å²) in [5.41, 5.74) is 3.09. The fraction of sp³-hybridized carbons (Fsp3) is 0.312. The minimum atomic E-state index is -1.17. The van der Waals surface area contributed by atoms with E-state index in [9.17, 15) is 9.90 Å². The number of H-pyrrole nitrogens is 1. The van der Waals surface area contributed by atoms with Gasteiger partial charge in [0.05, 0.1) is 40.0 Å². The van der Waals surface area contributed by atoms with Crippen LogP contribution in [0, 0.1) is 16.7 Å². The number of hydrogen-bond donors (Lipinski definition) is 3. The summed E-state index contributed by atoms with van der Waals surface area (Å²) in [7, 11) is 4.70. The van der Waals surface area contributed by atoms with E-state index in [1.165, 1.54) is 6.21 Å². The van der Waals surface area contributed by atoms with Gasteiger partial charge in [0.15, 0.2) is 17.3 Å². The standard InChI is InChI=1S/C32H36N2O6/c1-32(20-33,25(17-35)15-24-16-34-27-8-6-5-7-26(24)27)31(36)23-11-9-21(10-12-23)18-40-19-22-13-28(37-2)30(39-4)29(14-22)38-3/h5-14,16,20,25,33-35H,15,17-19H2,1-4H3. The molecule has 2 unspecified atom stereocenters. The maximum absolute atomic E-state index is 13.6. The number of ketones is 1. The normalized spacial score (nSPS) is 13.4. The third kappa shape index (κ3) is 5.88. The maximum Gasteiger partial charge on any atom is 0.203 e. The molecule has 0 aliphatic rings. The van der Waals surface area contributed by atoms with E-state index in [0.29, 0.717) is 42.4 Å². The first kappa shape index (κ1) is 28.9. The summed E-state index contributed by atoms with van der Waals surface area (Å²) in [5, 5.41) is 19.5. The number of Topliss-reactive ketones (excluding diaryl/α,β-unsaturated/α-hetero) is 1. The second-order valence-electron chi connectivity index (χ2n) is 9.92. The van der Waals surface area contributed by atoms with Gasteiger partial charge >= 0.3 is 0 Å². The van der Waals surface area contributed by atoms with E-state index in [2.05, 4.69) is 4.98 Å². The maximum atomic E-state index is 13.6. The quantitative estimate of drug-likeness (QED) is 0.141. The van der Waals surface area contributed by atoms with Crippen molar-refractivity contribution in [1.82, 2.24) is 4.98 Å². The first-order chi connectivity index (χ1) is 19.4. The zero-order chi connectivity index (χ0) is 28.7. The molecule has 210 valence electrons. The number of carbonyl (C=O) groups excluding carboxylic acids is 1. The molecule has 3 N–H and O–H groups in total. The molecule has 40 heavy (non-hydrogen) atoms. The van der Waals surface area contributed by atoms with Crippen molar-refractivity contribution in [3.05, 3.63) is 89.1 Å². The van der Waals surface area contributed by atoms with Gasteiger partial charge in [-0.1, -0.05) is 42.5 Å². The Morgan fingerprint density at radius 1 is 0.975 bits per heavy atom. The number of hydrogen-bond acceptors (Lipinski definition) is 7. The number of aliphatic hydroxyl groups excluding tert-OH is 1. The van der Waals surface area contributed by atoms with Crippen molar-refractivity contribution in [2.45, 2.75) is 26.6 Å². The summed E-state index contributed by atoms with van der Waals surface area (Å²) < 4.78 is 22.1. The van der Waals surface area contributed by atoms with Crippen LogP contribution in [0.3, 0.4) is 0 Å². The van der Waals surface area contributed by atoms with Gasteiger partial charge in [0.2, 0.25) is 5.75 Å². The number of rotatable bonds is 14. The number of ether oxygens (including phenoxy) is 4. The molecule has 0 saturated carbocycles. The van der Waals surface area contributed by atoms with Crippen molar-refractivity contribution in [2.75, 3.05) is 27.9 Å². The number of aromatic amines is 1. The molecule has 0 fully saturated rings. The molecule has 0 saturated heterocycles. The lowest BCUT2D eigenvalue weighted by molar-refractivity contribution is 0.0754. The molecular weight excluding hydrogens is 508 g/mol. The molecule has 0 aliphatic heterocycles. The van der Waals surface area contributed by atoms with Crippen LogP contribution in [-0.2, 0) is 24.4 Å². The second-order valence-corrected chi connectivity index (χ2v) is 9.92. The highest BCUT2D eigenvalue weighted by Crippen LogP contribution is 2.38. The minimum Gasteiger partial charge on any atom is -0.493 e. The Morgan fingerprint density at radius 2 is 1.62 bits per heavy atom. The Balaban J connectivity index is 1.43. The predicted octanol–water partition coefficient (Wildman–Crippen LogP) is 5.60. The molecule has 1 heterocycles. The van der Waals surface area contributed by atoms with Gasteiger partial charge in [-0.15, -0.1) is 0 Å². The molecule has 0 aliphatic carbocycles. The van der Waals surface area contributed by atoms with E-state index < -0.39 is 11.3 Å². The van der Waals surface area contributed by atoms with Gasteiger partial charge in [-0.3, -0.25) is 4.79 Å². The average Bonchev–Trinajstić information content (AvgIpc) is 3.41. The lowest BCUT2D eigenvalue weighted by Crippen LogP contribution is -2.40. The lowest BCUT2D eigenvalue weighted by Gasteiger charge is -2.32. The second kappa shape index (κ2) is 12.8. The number of aliphatic hydroxyl groups is 1.